The molecule has 23 heavy (non-hydrogen) atoms. The van der Waals surface area contributed by atoms with E-state index >= 15 is 0 Å². The fourth-order valence-corrected chi connectivity index (χ4v) is 2.29. The lowest BCUT2D eigenvalue weighted by Gasteiger charge is -2.03. The highest BCUT2D eigenvalue weighted by Crippen LogP contribution is 2.23. The van der Waals surface area contributed by atoms with E-state index in [1.54, 1.807) is 0 Å². The molecule has 0 radical (unpaired) electrons. The number of carbonyl (C=O) groups is 2. The van der Waals surface area contributed by atoms with Gasteiger partial charge in [0.2, 0.25) is 17.7 Å². The molecule has 7 nitrogen and oxygen atoms in total. The zero-order valence-electron chi connectivity index (χ0n) is 13.0. The standard InChI is InChI=1S/C15H18N4O3S/c1-3-16-12(20)8-17-13(21)9-23-15-19-18-14(22-15)11-6-4-10(2)5-7-11/h4-7H,3,8-9H2,1-2H3,(H,16,20)(H,17,21). The summed E-state index contributed by atoms with van der Waals surface area (Å²) in [4.78, 5) is 22.9. The van der Waals surface area contributed by atoms with Gasteiger partial charge >= 0.3 is 0 Å². The third-order valence-corrected chi connectivity index (χ3v) is 3.67. The molecule has 0 bridgehead atoms. The fourth-order valence-electron chi connectivity index (χ4n) is 1.70. The average molecular weight is 334 g/mol. The van der Waals surface area contributed by atoms with E-state index in [9.17, 15) is 9.59 Å². The summed E-state index contributed by atoms with van der Waals surface area (Å²) in [5.41, 5.74) is 1.97. The number of benzene rings is 1. The van der Waals surface area contributed by atoms with Crippen LogP contribution in [-0.4, -0.2) is 40.9 Å². The number of rotatable bonds is 7. The van der Waals surface area contributed by atoms with Crippen molar-refractivity contribution in [1.29, 1.82) is 0 Å². The molecule has 122 valence electrons. The van der Waals surface area contributed by atoms with Crippen LogP contribution in [0.2, 0.25) is 0 Å². The normalized spacial score (nSPS) is 10.3. The number of hydrogen-bond acceptors (Lipinski definition) is 6. The fraction of sp³-hybridized carbons (Fsp3) is 0.333. The lowest BCUT2D eigenvalue weighted by atomic mass is 10.1. The maximum Gasteiger partial charge on any atom is 0.277 e. The van der Waals surface area contributed by atoms with Crippen molar-refractivity contribution in [3.8, 4) is 11.5 Å². The van der Waals surface area contributed by atoms with Crippen LogP contribution in [0.15, 0.2) is 33.9 Å². The summed E-state index contributed by atoms with van der Waals surface area (Å²) < 4.78 is 5.51. The number of hydrogen-bond donors (Lipinski definition) is 2. The minimum Gasteiger partial charge on any atom is -0.411 e. The van der Waals surface area contributed by atoms with Crippen LogP contribution < -0.4 is 10.6 Å². The molecule has 0 fully saturated rings. The molecule has 8 heteroatoms. The summed E-state index contributed by atoms with van der Waals surface area (Å²) in [6.45, 7) is 4.31. The largest absolute Gasteiger partial charge is 0.411 e. The minimum absolute atomic E-state index is 0.0360. The van der Waals surface area contributed by atoms with Crippen molar-refractivity contribution < 1.29 is 14.0 Å². The predicted molar refractivity (Wildman–Crippen MR) is 86.9 cm³/mol. The van der Waals surface area contributed by atoms with Crippen LogP contribution in [0.4, 0.5) is 0 Å². The van der Waals surface area contributed by atoms with Crippen LogP contribution in [0, 0.1) is 6.92 Å². The molecule has 1 aromatic carbocycles. The van der Waals surface area contributed by atoms with Crippen molar-refractivity contribution in [3.63, 3.8) is 0 Å². The van der Waals surface area contributed by atoms with Gasteiger partial charge in [-0.3, -0.25) is 9.59 Å². The quantitative estimate of drug-likeness (QED) is 0.743. The monoisotopic (exact) mass is 334 g/mol. The van der Waals surface area contributed by atoms with Crippen LogP contribution in [0.25, 0.3) is 11.5 Å². The van der Waals surface area contributed by atoms with Gasteiger partial charge in [-0.1, -0.05) is 29.5 Å². The molecule has 0 aliphatic rings. The maximum atomic E-state index is 11.6. The van der Waals surface area contributed by atoms with Crippen molar-refractivity contribution in [2.45, 2.75) is 19.1 Å². The Morgan fingerprint density at radius 2 is 1.87 bits per heavy atom. The first-order chi connectivity index (χ1) is 11.1. The van der Waals surface area contributed by atoms with E-state index in [1.807, 2.05) is 38.1 Å². The molecule has 0 spiro atoms. The molecule has 2 N–H and O–H groups in total. The number of amides is 2. The molecule has 2 amide bonds. The summed E-state index contributed by atoms with van der Waals surface area (Å²) in [5, 5.41) is 13.3. The zero-order chi connectivity index (χ0) is 16.7. The van der Waals surface area contributed by atoms with Gasteiger partial charge < -0.3 is 15.1 Å². The molecule has 0 atom stereocenters. The number of aromatic nitrogens is 2. The van der Waals surface area contributed by atoms with Crippen LogP contribution in [0.5, 0.6) is 0 Å². The number of thioether (sulfide) groups is 1. The SMILES string of the molecule is CCNC(=O)CNC(=O)CSc1nnc(-c2ccc(C)cc2)o1. The van der Waals surface area contributed by atoms with Gasteiger partial charge in [0.05, 0.1) is 12.3 Å². The van der Waals surface area contributed by atoms with Crippen LogP contribution in [0.1, 0.15) is 12.5 Å². The first-order valence-electron chi connectivity index (χ1n) is 7.15. The molecule has 0 unspecified atom stereocenters. The number of nitrogens with zero attached hydrogens (tertiary/aromatic N) is 2. The van der Waals surface area contributed by atoms with Gasteiger partial charge in [-0.25, -0.2) is 0 Å². The molecule has 0 saturated heterocycles. The van der Waals surface area contributed by atoms with Crippen molar-refractivity contribution >= 4 is 23.6 Å². The lowest BCUT2D eigenvalue weighted by molar-refractivity contribution is -0.124. The second-order valence-electron chi connectivity index (χ2n) is 4.76. The first kappa shape index (κ1) is 17.0. The highest BCUT2D eigenvalue weighted by molar-refractivity contribution is 7.99. The number of likely N-dealkylation sites (N-methyl/N-ethyl adjacent to an activating group) is 1. The van der Waals surface area contributed by atoms with Crippen molar-refractivity contribution in [2.75, 3.05) is 18.8 Å². The van der Waals surface area contributed by atoms with E-state index in [1.165, 1.54) is 0 Å². The summed E-state index contributed by atoms with van der Waals surface area (Å²) in [6, 6.07) is 7.72. The summed E-state index contributed by atoms with van der Waals surface area (Å²) >= 11 is 1.13. The highest BCUT2D eigenvalue weighted by Gasteiger charge is 2.11. The van der Waals surface area contributed by atoms with E-state index in [4.69, 9.17) is 4.42 Å². The van der Waals surface area contributed by atoms with Gasteiger partial charge in [-0.15, -0.1) is 10.2 Å². The van der Waals surface area contributed by atoms with Crippen molar-refractivity contribution in [3.05, 3.63) is 29.8 Å². The topological polar surface area (TPSA) is 97.1 Å². The number of carbonyl (C=O) groups excluding carboxylic acids is 2. The average Bonchev–Trinajstić information content (AvgIpc) is 3.01. The Kier molecular flexibility index (Phi) is 6.16. The van der Waals surface area contributed by atoms with E-state index < -0.39 is 0 Å². The third-order valence-electron chi connectivity index (χ3n) is 2.85. The Bertz CT molecular complexity index is 670. The van der Waals surface area contributed by atoms with Crippen LogP contribution in [-0.2, 0) is 9.59 Å². The Morgan fingerprint density at radius 3 is 2.57 bits per heavy atom. The minimum atomic E-state index is -0.267. The highest BCUT2D eigenvalue weighted by atomic mass is 32.2. The third kappa shape index (κ3) is 5.41. The second-order valence-corrected chi connectivity index (χ2v) is 5.68. The van der Waals surface area contributed by atoms with E-state index in [-0.39, 0.29) is 24.1 Å². The molecule has 0 aliphatic carbocycles. The predicted octanol–water partition coefficient (Wildman–Crippen LogP) is 1.39. The molecule has 0 aliphatic heterocycles. The van der Waals surface area contributed by atoms with Gasteiger partial charge in [0.1, 0.15) is 0 Å². The summed E-state index contributed by atoms with van der Waals surface area (Å²) in [7, 11) is 0. The van der Waals surface area contributed by atoms with Crippen LogP contribution >= 0.6 is 11.8 Å². The first-order valence-corrected chi connectivity index (χ1v) is 8.13. The molecular formula is C15H18N4O3S. The molecule has 1 heterocycles. The Morgan fingerprint density at radius 1 is 1.13 bits per heavy atom. The maximum absolute atomic E-state index is 11.6. The second kappa shape index (κ2) is 8.33. The van der Waals surface area contributed by atoms with E-state index in [0.717, 1.165) is 22.9 Å². The van der Waals surface area contributed by atoms with Gasteiger partial charge in [0.15, 0.2) is 0 Å². The van der Waals surface area contributed by atoms with Crippen molar-refractivity contribution in [1.82, 2.24) is 20.8 Å². The van der Waals surface area contributed by atoms with E-state index in [0.29, 0.717) is 17.7 Å². The lowest BCUT2D eigenvalue weighted by Crippen LogP contribution is -2.37. The van der Waals surface area contributed by atoms with Crippen LogP contribution in [0.3, 0.4) is 0 Å². The van der Waals surface area contributed by atoms with E-state index in [2.05, 4.69) is 20.8 Å². The Balaban J connectivity index is 1.81. The number of nitrogens with one attached hydrogen (secondary N) is 2. The summed E-state index contributed by atoms with van der Waals surface area (Å²) in [6.07, 6.45) is 0. The molecule has 2 aromatic rings. The molecule has 0 saturated carbocycles. The van der Waals surface area contributed by atoms with Gasteiger partial charge in [-0.05, 0) is 26.0 Å². The van der Waals surface area contributed by atoms with Gasteiger partial charge in [0, 0.05) is 12.1 Å². The zero-order valence-corrected chi connectivity index (χ0v) is 13.8. The van der Waals surface area contributed by atoms with Gasteiger partial charge in [0.25, 0.3) is 5.22 Å². The Hall–Kier alpha value is -2.35. The molecule has 2 rings (SSSR count). The summed E-state index contributed by atoms with van der Waals surface area (Å²) in [5.74, 6) is 0.0337. The van der Waals surface area contributed by atoms with Gasteiger partial charge in [-0.2, -0.15) is 0 Å². The molecular weight excluding hydrogens is 316 g/mol. The molecule has 1 aromatic heterocycles. The Labute approximate surface area is 138 Å². The smallest absolute Gasteiger partial charge is 0.277 e. The number of aryl methyl sites for hydroxylation is 1. The van der Waals surface area contributed by atoms with Crippen molar-refractivity contribution in [2.24, 2.45) is 0 Å².